The molecule has 3 heterocycles. The minimum Gasteiger partial charge on any atom is -0.465 e. The molecular weight excluding hydrogens is 416 g/mol. The quantitative estimate of drug-likeness (QED) is 0.583. The lowest BCUT2D eigenvalue weighted by Gasteiger charge is -2.25. The summed E-state index contributed by atoms with van der Waals surface area (Å²) >= 11 is 7.58. The van der Waals surface area contributed by atoms with Crippen molar-refractivity contribution in [1.82, 2.24) is 14.5 Å². The number of hydrogen-bond acceptors (Lipinski definition) is 8. The Balaban J connectivity index is 1.82. The number of nitrogens with zero attached hydrogens (tertiary/aromatic N) is 4. The van der Waals surface area contributed by atoms with Gasteiger partial charge in [0.15, 0.2) is 10.8 Å². The summed E-state index contributed by atoms with van der Waals surface area (Å²) < 4.78 is 12.6. The van der Waals surface area contributed by atoms with Crippen LogP contribution in [-0.2, 0) is 16.0 Å². The van der Waals surface area contributed by atoms with E-state index in [9.17, 15) is 9.59 Å². The van der Waals surface area contributed by atoms with Crippen molar-refractivity contribution in [2.45, 2.75) is 13.5 Å². The fourth-order valence-corrected chi connectivity index (χ4v) is 4.59. The van der Waals surface area contributed by atoms with Crippen LogP contribution in [0, 0.1) is 6.92 Å². The maximum Gasteiger partial charge on any atom is 0.339 e. The lowest BCUT2D eigenvalue weighted by atomic mass is 10.1. The Hall–Kier alpha value is -2.49. The summed E-state index contributed by atoms with van der Waals surface area (Å²) in [6, 6.07) is 5.21. The van der Waals surface area contributed by atoms with Crippen LogP contribution in [0.4, 0.5) is 5.13 Å². The number of halogens is 1. The first-order chi connectivity index (χ1) is 14.0. The second-order valence-corrected chi connectivity index (χ2v) is 7.95. The smallest absolute Gasteiger partial charge is 0.339 e. The Morgan fingerprint density at radius 2 is 2.07 bits per heavy atom. The predicted molar refractivity (Wildman–Crippen MR) is 111 cm³/mol. The van der Waals surface area contributed by atoms with E-state index in [0.717, 1.165) is 18.2 Å². The molecule has 0 atom stereocenters. The van der Waals surface area contributed by atoms with Gasteiger partial charge in [0.2, 0.25) is 0 Å². The molecule has 1 aliphatic heterocycles. The van der Waals surface area contributed by atoms with Gasteiger partial charge in [-0.15, -0.1) is 0 Å². The van der Waals surface area contributed by atoms with Crippen LogP contribution in [0.5, 0.6) is 0 Å². The molecule has 0 spiro atoms. The molecule has 0 N–H and O–H groups in total. The zero-order chi connectivity index (χ0) is 20.5. The topological polar surface area (TPSA) is 86.6 Å². The second kappa shape index (κ2) is 8.10. The summed E-state index contributed by atoms with van der Waals surface area (Å²) in [5.41, 5.74) is 1.21. The van der Waals surface area contributed by atoms with E-state index in [-0.39, 0.29) is 12.1 Å². The number of carbonyl (C=O) groups is 1. The molecule has 0 bridgehead atoms. The minimum atomic E-state index is -0.513. The first-order valence-corrected chi connectivity index (χ1v) is 10.3. The number of anilines is 1. The van der Waals surface area contributed by atoms with Crippen molar-refractivity contribution in [3.8, 4) is 0 Å². The highest BCUT2D eigenvalue weighted by atomic mass is 35.5. The van der Waals surface area contributed by atoms with Gasteiger partial charge in [0, 0.05) is 13.1 Å². The lowest BCUT2D eigenvalue weighted by molar-refractivity contribution is 0.0599. The zero-order valence-electron chi connectivity index (χ0n) is 16.0. The number of thiazole rings is 1. The molecule has 0 amide bonds. The average Bonchev–Trinajstić information content (AvgIpc) is 3.17. The molecule has 1 saturated heterocycles. The monoisotopic (exact) mass is 434 g/mol. The molecule has 8 nitrogen and oxygen atoms in total. The van der Waals surface area contributed by atoms with Gasteiger partial charge in [0.1, 0.15) is 10.5 Å². The van der Waals surface area contributed by atoms with Gasteiger partial charge < -0.3 is 18.9 Å². The molecule has 4 rings (SSSR count). The number of aryl methyl sites for hydroxylation is 1. The molecule has 10 heteroatoms. The van der Waals surface area contributed by atoms with E-state index in [2.05, 4.69) is 9.88 Å². The third kappa shape index (κ3) is 3.73. The fourth-order valence-electron chi connectivity index (χ4n) is 3.32. The zero-order valence-corrected chi connectivity index (χ0v) is 17.5. The summed E-state index contributed by atoms with van der Waals surface area (Å²) in [6.45, 7) is 4.73. The van der Waals surface area contributed by atoms with Crippen LogP contribution < -0.4 is 10.5 Å². The van der Waals surface area contributed by atoms with Gasteiger partial charge in [-0.3, -0.25) is 4.79 Å². The third-order valence-corrected chi connectivity index (χ3v) is 6.21. The van der Waals surface area contributed by atoms with Gasteiger partial charge in [0.25, 0.3) is 5.56 Å². The maximum absolute atomic E-state index is 12.5. The Morgan fingerprint density at radius 1 is 1.31 bits per heavy atom. The summed E-state index contributed by atoms with van der Waals surface area (Å²) in [5, 5.41) is 1.07. The van der Waals surface area contributed by atoms with E-state index < -0.39 is 5.97 Å². The number of ether oxygens (including phenoxy) is 2. The Labute approximate surface area is 175 Å². The van der Waals surface area contributed by atoms with E-state index in [1.54, 1.807) is 25.1 Å². The van der Waals surface area contributed by atoms with E-state index in [1.165, 1.54) is 18.4 Å². The molecule has 1 fully saturated rings. The standard InChI is InChI=1S/C19H19ClN4O4S/c1-11-21-17(25)15-16(22-19(29-15)23-6-8-28-9-7-23)24(11)10-12-4-3-5-13(20)14(12)18(26)27-2/h3-5H,6-10H2,1-2H3. The summed E-state index contributed by atoms with van der Waals surface area (Å²) in [6.07, 6.45) is 0. The van der Waals surface area contributed by atoms with Gasteiger partial charge in [-0.05, 0) is 18.6 Å². The molecule has 1 aliphatic rings. The number of hydrogen-bond donors (Lipinski definition) is 0. The first kappa shape index (κ1) is 19.8. The number of aromatic nitrogens is 3. The number of carbonyl (C=O) groups excluding carboxylic acids is 1. The molecule has 29 heavy (non-hydrogen) atoms. The van der Waals surface area contributed by atoms with Crippen LogP contribution in [0.25, 0.3) is 10.3 Å². The minimum absolute atomic E-state index is 0.285. The highest BCUT2D eigenvalue weighted by Crippen LogP contribution is 2.29. The van der Waals surface area contributed by atoms with E-state index >= 15 is 0 Å². The summed E-state index contributed by atoms with van der Waals surface area (Å²) in [7, 11) is 1.31. The van der Waals surface area contributed by atoms with Gasteiger partial charge >= 0.3 is 5.97 Å². The molecule has 0 unspecified atom stereocenters. The van der Waals surface area contributed by atoms with Gasteiger partial charge in [-0.2, -0.15) is 4.98 Å². The Morgan fingerprint density at radius 3 is 2.79 bits per heavy atom. The van der Waals surface area contributed by atoms with E-state index in [0.29, 0.717) is 45.5 Å². The van der Waals surface area contributed by atoms with Crippen molar-refractivity contribution in [3.63, 3.8) is 0 Å². The van der Waals surface area contributed by atoms with Gasteiger partial charge in [0.05, 0.1) is 37.5 Å². The highest BCUT2D eigenvalue weighted by Gasteiger charge is 2.22. The largest absolute Gasteiger partial charge is 0.465 e. The number of rotatable bonds is 4. The third-order valence-electron chi connectivity index (χ3n) is 4.80. The predicted octanol–water partition coefficient (Wildman–Crippen LogP) is 2.49. The summed E-state index contributed by atoms with van der Waals surface area (Å²) in [4.78, 5) is 35.7. The normalized spacial score (nSPS) is 14.4. The number of esters is 1. The van der Waals surface area contributed by atoms with E-state index in [1.807, 2.05) is 4.57 Å². The molecule has 3 aromatic rings. The van der Waals surface area contributed by atoms with Crippen LogP contribution >= 0.6 is 22.9 Å². The molecule has 0 radical (unpaired) electrons. The van der Waals surface area contributed by atoms with Gasteiger partial charge in [-0.25, -0.2) is 9.78 Å². The molecule has 0 aliphatic carbocycles. The second-order valence-electron chi connectivity index (χ2n) is 6.56. The van der Waals surface area contributed by atoms with Crippen LogP contribution in [-0.4, -0.2) is 53.9 Å². The van der Waals surface area contributed by atoms with Crippen molar-refractivity contribution in [1.29, 1.82) is 0 Å². The van der Waals surface area contributed by atoms with Crippen molar-refractivity contribution >= 4 is 44.4 Å². The number of fused-ring (bicyclic) bond motifs is 1. The van der Waals surface area contributed by atoms with Crippen LogP contribution in [0.15, 0.2) is 23.0 Å². The molecule has 2 aromatic heterocycles. The van der Waals surface area contributed by atoms with Crippen LogP contribution in [0.1, 0.15) is 21.7 Å². The fraction of sp³-hybridized carbons (Fsp3) is 0.368. The van der Waals surface area contributed by atoms with Crippen molar-refractivity contribution in [2.75, 3.05) is 38.3 Å². The number of morpholine rings is 1. The van der Waals surface area contributed by atoms with Crippen LogP contribution in [0.3, 0.4) is 0 Å². The molecule has 0 saturated carbocycles. The lowest BCUT2D eigenvalue weighted by Crippen LogP contribution is -2.36. The Bertz CT molecular complexity index is 1140. The number of methoxy groups -OCH3 is 1. The number of benzene rings is 1. The van der Waals surface area contributed by atoms with Crippen molar-refractivity contribution < 1.29 is 14.3 Å². The first-order valence-electron chi connectivity index (χ1n) is 9.06. The highest BCUT2D eigenvalue weighted by molar-refractivity contribution is 7.22. The van der Waals surface area contributed by atoms with Crippen molar-refractivity contribution in [2.24, 2.45) is 0 Å². The summed E-state index contributed by atoms with van der Waals surface area (Å²) in [5.74, 6) is -0.00194. The van der Waals surface area contributed by atoms with Crippen LogP contribution in [0.2, 0.25) is 5.02 Å². The Kier molecular flexibility index (Phi) is 5.53. The van der Waals surface area contributed by atoms with Gasteiger partial charge in [-0.1, -0.05) is 35.1 Å². The van der Waals surface area contributed by atoms with E-state index in [4.69, 9.17) is 26.1 Å². The molecular formula is C19H19ClN4O4S. The molecule has 152 valence electrons. The van der Waals surface area contributed by atoms with Crippen molar-refractivity contribution in [3.05, 3.63) is 50.5 Å². The maximum atomic E-state index is 12.5. The molecule has 1 aromatic carbocycles. The average molecular weight is 435 g/mol. The SMILES string of the molecule is COC(=O)c1c(Cl)cccc1Cn1c(C)nc(=O)c2sc(N3CCOCC3)nc21.